The third kappa shape index (κ3) is 3.79. The van der Waals surface area contributed by atoms with E-state index >= 15 is 0 Å². The van der Waals surface area contributed by atoms with Crippen LogP contribution in [0.3, 0.4) is 0 Å². The van der Waals surface area contributed by atoms with E-state index < -0.39 is 0 Å². The van der Waals surface area contributed by atoms with Gasteiger partial charge in [-0.3, -0.25) is 4.79 Å². The van der Waals surface area contributed by atoms with Gasteiger partial charge in [-0.1, -0.05) is 29.8 Å². The molecule has 0 fully saturated rings. The van der Waals surface area contributed by atoms with Crippen molar-refractivity contribution in [3.8, 4) is 0 Å². The van der Waals surface area contributed by atoms with Gasteiger partial charge in [-0.25, -0.2) is 4.39 Å². The fraction of sp³-hybridized carbons (Fsp3) is 0.118. The van der Waals surface area contributed by atoms with Gasteiger partial charge in [0.25, 0.3) is 0 Å². The quantitative estimate of drug-likeness (QED) is 0.835. The number of carbonyl (C=O) groups excluding carboxylic acids is 1. The summed E-state index contributed by atoms with van der Waals surface area (Å²) in [6, 6.07) is 11.9. The number of benzene rings is 2. The summed E-state index contributed by atoms with van der Waals surface area (Å²) in [6.45, 7) is 3.95. The van der Waals surface area contributed by atoms with Crippen molar-refractivity contribution in [2.45, 2.75) is 13.8 Å². The van der Waals surface area contributed by atoms with E-state index in [2.05, 4.69) is 5.32 Å². The van der Waals surface area contributed by atoms with Crippen LogP contribution in [0.25, 0.3) is 6.08 Å². The lowest BCUT2D eigenvalue weighted by molar-refractivity contribution is -0.111. The first-order valence-corrected chi connectivity index (χ1v) is 6.36. The van der Waals surface area contributed by atoms with Gasteiger partial charge in [0, 0.05) is 11.8 Å². The number of carbonyl (C=O) groups is 1. The van der Waals surface area contributed by atoms with Crippen LogP contribution in [-0.4, -0.2) is 5.91 Å². The van der Waals surface area contributed by atoms with Gasteiger partial charge in [0.2, 0.25) is 5.91 Å². The molecule has 0 aliphatic rings. The Kier molecular flexibility index (Phi) is 4.31. The average Bonchev–Trinajstić information content (AvgIpc) is 2.40. The molecule has 0 aliphatic carbocycles. The van der Waals surface area contributed by atoms with E-state index in [4.69, 9.17) is 0 Å². The van der Waals surface area contributed by atoms with Crippen molar-refractivity contribution in [1.29, 1.82) is 0 Å². The van der Waals surface area contributed by atoms with Gasteiger partial charge in [-0.05, 0) is 49.2 Å². The van der Waals surface area contributed by atoms with Crippen LogP contribution in [0.2, 0.25) is 0 Å². The van der Waals surface area contributed by atoms with Gasteiger partial charge in [0.15, 0.2) is 0 Å². The molecule has 0 radical (unpaired) electrons. The topological polar surface area (TPSA) is 29.1 Å². The maximum Gasteiger partial charge on any atom is 0.248 e. The first-order valence-electron chi connectivity index (χ1n) is 6.36. The maximum atomic E-state index is 13.0. The predicted octanol–water partition coefficient (Wildman–Crippen LogP) is 4.09. The largest absolute Gasteiger partial charge is 0.322 e. The summed E-state index contributed by atoms with van der Waals surface area (Å²) in [4.78, 5) is 11.8. The monoisotopic (exact) mass is 269 g/mol. The Morgan fingerprint density at radius 1 is 1.15 bits per heavy atom. The summed E-state index contributed by atoms with van der Waals surface area (Å²) in [5, 5.41) is 2.80. The first kappa shape index (κ1) is 14.0. The molecule has 1 amide bonds. The van der Waals surface area contributed by atoms with E-state index in [1.165, 1.54) is 18.2 Å². The van der Waals surface area contributed by atoms with Crippen molar-refractivity contribution in [3.63, 3.8) is 0 Å². The molecule has 0 spiro atoms. The van der Waals surface area contributed by atoms with Crippen LogP contribution in [0.4, 0.5) is 10.1 Å². The van der Waals surface area contributed by atoms with Gasteiger partial charge < -0.3 is 5.32 Å². The first-order chi connectivity index (χ1) is 9.54. The minimum absolute atomic E-state index is 0.235. The highest BCUT2D eigenvalue weighted by Crippen LogP contribution is 2.16. The number of hydrogen-bond donors (Lipinski definition) is 1. The van der Waals surface area contributed by atoms with Crippen molar-refractivity contribution >= 4 is 17.7 Å². The highest BCUT2D eigenvalue weighted by Gasteiger charge is 2.01. The molecule has 0 aromatic heterocycles. The van der Waals surface area contributed by atoms with E-state index in [1.807, 2.05) is 32.0 Å². The lowest BCUT2D eigenvalue weighted by Gasteiger charge is -2.07. The highest BCUT2D eigenvalue weighted by atomic mass is 19.1. The molecule has 0 saturated carbocycles. The number of hydrogen-bond acceptors (Lipinski definition) is 1. The molecule has 0 unspecified atom stereocenters. The third-order valence-corrected chi connectivity index (χ3v) is 2.92. The molecule has 20 heavy (non-hydrogen) atoms. The maximum absolute atomic E-state index is 13.0. The molecule has 102 valence electrons. The Morgan fingerprint density at radius 2 is 1.95 bits per heavy atom. The Balaban J connectivity index is 2.05. The van der Waals surface area contributed by atoms with E-state index in [-0.39, 0.29) is 11.7 Å². The van der Waals surface area contributed by atoms with Crippen LogP contribution in [-0.2, 0) is 4.79 Å². The van der Waals surface area contributed by atoms with Crippen LogP contribution in [0.1, 0.15) is 16.7 Å². The predicted molar refractivity (Wildman–Crippen MR) is 80.0 cm³/mol. The molecule has 1 N–H and O–H groups in total. The molecule has 2 aromatic carbocycles. The van der Waals surface area contributed by atoms with Crippen molar-refractivity contribution in [2.75, 3.05) is 5.32 Å². The number of aryl methyl sites for hydroxylation is 2. The average molecular weight is 269 g/mol. The molecule has 0 saturated heterocycles. The van der Waals surface area contributed by atoms with E-state index in [1.54, 1.807) is 18.2 Å². The fourth-order valence-electron chi connectivity index (χ4n) is 1.91. The van der Waals surface area contributed by atoms with E-state index in [9.17, 15) is 9.18 Å². The SMILES string of the molecule is Cc1ccc(NC(=O)/C=C/c2cccc(F)c2)c(C)c1. The molecular weight excluding hydrogens is 253 g/mol. The molecule has 0 aliphatic heterocycles. The highest BCUT2D eigenvalue weighted by molar-refractivity contribution is 6.02. The zero-order valence-corrected chi connectivity index (χ0v) is 11.5. The summed E-state index contributed by atoms with van der Waals surface area (Å²) in [6.07, 6.45) is 2.98. The van der Waals surface area contributed by atoms with Crippen molar-refractivity contribution in [2.24, 2.45) is 0 Å². The summed E-state index contributed by atoms with van der Waals surface area (Å²) in [7, 11) is 0. The summed E-state index contributed by atoms with van der Waals surface area (Å²) < 4.78 is 13.0. The standard InChI is InChI=1S/C17H16FNO/c1-12-6-8-16(13(2)10-12)19-17(20)9-7-14-4-3-5-15(18)11-14/h3-11H,1-2H3,(H,19,20)/b9-7+. The van der Waals surface area contributed by atoms with Crippen LogP contribution in [0.15, 0.2) is 48.5 Å². The Labute approximate surface area is 118 Å². The van der Waals surface area contributed by atoms with Gasteiger partial charge in [-0.15, -0.1) is 0 Å². The Bertz CT molecular complexity index is 662. The van der Waals surface area contributed by atoms with E-state index in [0.29, 0.717) is 5.56 Å². The summed E-state index contributed by atoms with van der Waals surface area (Å²) in [5.41, 5.74) is 3.60. The molecule has 2 aromatic rings. The molecule has 0 bridgehead atoms. The summed E-state index contributed by atoms with van der Waals surface area (Å²) >= 11 is 0. The van der Waals surface area contributed by atoms with Crippen LogP contribution in [0, 0.1) is 19.7 Å². The van der Waals surface area contributed by atoms with Crippen LogP contribution >= 0.6 is 0 Å². The Morgan fingerprint density at radius 3 is 2.65 bits per heavy atom. The number of amides is 1. The normalized spacial score (nSPS) is 10.8. The van der Waals surface area contributed by atoms with Crippen molar-refractivity contribution in [3.05, 3.63) is 71.0 Å². The molecule has 0 atom stereocenters. The second-order valence-electron chi connectivity index (χ2n) is 4.70. The number of rotatable bonds is 3. The minimum atomic E-state index is -0.318. The molecule has 2 nitrogen and oxygen atoms in total. The molecule has 3 heteroatoms. The lowest BCUT2D eigenvalue weighted by Crippen LogP contribution is -2.08. The Hall–Kier alpha value is -2.42. The second kappa shape index (κ2) is 6.15. The second-order valence-corrected chi connectivity index (χ2v) is 4.70. The molecule has 2 rings (SSSR count). The van der Waals surface area contributed by atoms with Gasteiger partial charge in [0.1, 0.15) is 5.82 Å². The lowest BCUT2D eigenvalue weighted by atomic mass is 10.1. The van der Waals surface area contributed by atoms with Crippen LogP contribution < -0.4 is 5.32 Å². The minimum Gasteiger partial charge on any atom is -0.322 e. The van der Waals surface area contributed by atoms with Gasteiger partial charge in [-0.2, -0.15) is 0 Å². The molecule has 0 heterocycles. The summed E-state index contributed by atoms with van der Waals surface area (Å²) in [5.74, 6) is -0.553. The van der Waals surface area contributed by atoms with Gasteiger partial charge in [0.05, 0.1) is 0 Å². The van der Waals surface area contributed by atoms with Crippen LogP contribution in [0.5, 0.6) is 0 Å². The number of halogens is 1. The fourth-order valence-corrected chi connectivity index (χ4v) is 1.91. The number of nitrogens with one attached hydrogen (secondary N) is 1. The zero-order chi connectivity index (χ0) is 14.5. The smallest absolute Gasteiger partial charge is 0.248 e. The van der Waals surface area contributed by atoms with Crippen molar-refractivity contribution in [1.82, 2.24) is 0 Å². The zero-order valence-electron chi connectivity index (χ0n) is 11.5. The van der Waals surface area contributed by atoms with Crippen molar-refractivity contribution < 1.29 is 9.18 Å². The van der Waals surface area contributed by atoms with E-state index in [0.717, 1.165) is 16.8 Å². The molecular formula is C17H16FNO. The third-order valence-electron chi connectivity index (χ3n) is 2.92. The van der Waals surface area contributed by atoms with Gasteiger partial charge >= 0.3 is 0 Å². The number of anilines is 1.